The van der Waals surface area contributed by atoms with E-state index in [0.717, 1.165) is 12.3 Å². The van der Waals surface area contributed by atoms with Crippen molar-refractivity contribution in [2.45, 2.75) is 25.7 Å². The van der Waals surface area contributed by atoms with Crippen LogP contribution in [0.2, 0.25) is 0 Å². The molecule has 0 spiro atoms. The standard InChI is InChI=1S/C16H17/c1-2-7-16-12-14(10-11-15(16)6-1)5-3-4-13-8-9-13/h1-3,6-7,10-13H,4-5,8-9H2. The molecule has 0 saturated heterocycles. The summed E-state index contributed by atoms with van der Waals surface area (Å²) in [4.78, 5) is 0. The van der Waals surface area contributed by atoms with Crippen molar-refractivity contribution in [2.24, 2.45) is 5.92 Å². The summed E-state index contributed by atoms with van der Waals surface area (Å²) in [6.45, 7) is 0. The van der Waals surface area contributed by atoms with Crippen LogP contribution in [0.25, 0.3) is 10.8 Å². The number of hydrogen-bond acceptors (Lipinski definition) is 0. The monoisotopic (exact) mass is 209 g/mol. The molecule has 2 aromatic rings. The van der Waals surface area contributed by atoms with Gasteiger partial charge in [-0.3, -0.25) is 0 Å². The maximum Gasteiger partial charge on any atom is -0.0181 e. The number of benzene rings is 2. The third-order valence-electron chi connectivity index (χ3n) is 3.39. The molecule has 3 rings (SSSR count). The average Bonchev–Trinajstić information content (AvgIpc) is 3.13. The summed E-state index contributed by atoms with van der Waals surface area (Å²) in [5.41, 5.74) is 1.44. The number of fused-ring (bicyclic) bond motifs is 1. The van der Waals surface area contributed by atoms with Gasteiger partial charge in [-0.15, -0.1) is 0 Å². The van der Waals surface area contributed by atoms with E-state index in [2.05, 4.69) is 48.9 Å². The molecule has 0 unspecified atom stereocenters. The lowest BCUT2D eigenvalue weighted by Crippen LogP contribution is -1.87. The van der Waals surface area contributed by atoms with Crippen LogP contribution in [-0.2, 0) is 6.42 Å². The van der Waals surface area contributed by atoms with E-state index in [0.29, 0.717) is 0 Å². The maximum atomic E-state index is 2.45. The quantitative estimate of drug-likeness (QED) is 0.700. The van der Waals surface area contributed by atoms with Gasteiger partial charge in [-0.05, 0) is 41.5 Å². The summed E-state index contributed by atoms with van der Waals surface area (Å²) in [6, 6.07) is 15.4. The Balaban J connectivity index is 1.71. The second-order valence-electron chi connectivity index (χ2n) is 4.85. The van der Waals surface area contributed by atoms with Gasteiger partial charge in [0.2, 0.25) is 0 Å². The van der Waals surface area contributed by atoms with Gasteiger partial charge in [-0.2, -0.15) is 0 Å². The van der Waals surface area contributed by atoms with Crippen molar-refractivity contribution in [3.63, 3.8) is 0 Å². The van der Waals surface area contributed by atoms with E-state index >= 15 is 0 Å². The number of hydrogen-bond donors (Lipinski definition) is 0. The normalized spacial score (nSPS) is 15.5. The first-order chi connectivity index (χ1) is 7.92. The average molecular weight is 209 g/mol. The van der Waals surface area contributed by atoms with E-state index < -0.39 is 0 Å². The van der Waals surface area contributed by atoms with Gasteiger partial charge < -0.3 is 0 Å². The Labute approximate surface area is 97.3 Å². The molecule has 0 bridgehead atoms. The fraction of sp³-hybridized carbons (Fsp3) is 0.312. The van der Waals surface area contributed by atoms with E-state index in [-0.39, 0.29) is 0 Å². The van der Waals surface area contributed by atoms with Crippen molar-refractivity contribution >= 4 is 10.8 Å². The Morgan fingerprint density at radius 1 is 1.00 bits per heavy atom. The summed E-state index contributed by atoms with van der Waals surface area (Å²) in [5.74, 6) is 1.01. The molecule has 1 aliphatic carbocycles. The molecule has 0 aromatic heterocycles. The van der Waals surface area contributed by atoms with Crippen LogP contribution in [0, 0.1) is 12.3 Å². The second-order valence-corrected chi connectivity index (χ2v) is 4.85. The molecule has 1 aliphatic rings. The molecule has 0 atom stereocenters. The Bertz CT molecular complexity index is 480. The first-order valence-corrected chi connectivity index (χ1v) is 6.21. The van der Waals surface area contributed by atoms with Gasteiger partial charge >= 0.3 is 0 Å². The summed E-state index contributed by atoms with van der Waals surface area (Å²) >= 11 is 0. The molecule has 2 aromatic carbocycles. The highest BCUT2D eigenvalue weighted by atomic mass is 14.3. The maximum absolute atomic E-state index is 2.45. The molecule has 0 nitrogen and oxygen atoms in total. The van der Waals surface area contributed by atoms with Crippen molar-refractivity contribution in [3.8, 4) is 0 Å². The third kappa shape index (κ3) is 2.27. The van der Waals surface area contributed by atoms with Crippen LogP contribution in [0.3, 0.4) is 0 Å². The van der Waals surface area contributed by atoms with Gasteiger partial charge in [0.05, 0.1) is 0 Å². The molecule has 16 heavy (non-hydrogen) atoms. The zero-order valence-corrected chi connectivity index (χ0v) is 9.52. The van der Waals surface area contributed by atoms with Crippen LogP contribution >= 0.6 is 0 Å². The molecule has 0 N–H and O–H groups in total. The largest absolute Gasteiger partial charge is 0.0616 e. The van der Waals surface area contributed by atoms with Crippen LogP contribution in [0.5, 0.6) is 0 Å². The van der Waals surface area contributed by atoms with Gasteiger partial charge in [-0.1, -0.05) is 55.3 Å². The molecule has 0 aliphatic heterocycles. The second kappa shape index (κ2) is 4.29. The summed E-state index contributed by atoms with van der Waals surface area (Å²) in [6.07, 6.45) is 7.79. The van der Waals surface area contributed by atoms with E-state index in [4.69, 9.17) is 0 Å². The highest BCUT2D eigenvalue weighted by molar-refractivity contribution is 5.82. The predicted octanol–water partition coefficient (Wildman–Crippen LogP) is 4.39. The van der Waals surface area contributed by atoms with Crippen molar-refractivity contribution in [3.05, 3.63) is 54.4 Å². The molecule has 0 amide bonds. The van der Waals surface area contributed by atoms with Crippen LogP contribution in [0.15, 0.2) is 42.5 Å². The Kier molecular flexibility index (Phi) is 2.65. The van der Waals surface area contributed by atoms with E-state index in [1.807, 2.05) is 0 Å². The highest BCUT2D eigenvalue weighted by Gasteiger charge is 2.20. The van der Waals surface area contributed by atoms with Crippen LogP contribution in [0.1, 0.15) is 24.8 Å². The lowest BCUT2D eigenvalue weighted by Gasteiger charge is -2.03. The molecule has 1 fully saturated rings. The zero-order chi connectivity index (χ0) is 10.8. The van der Waals surface area contributed by atoms with Gasteiger partial charge in [0.25, 0.3) is 0 Å². The fourth-order valence-electron chi connectivity index (χ4n) is 2.21. The van der Waals surface area contributed by atoms with Crippen LogP contribution in [-0.4, -0.2) is 0 Å². The lowest BCUT2D eigenvalue weighted by atomic mass is 10.0. The minimum Gasteiger partial charge on any atom is -0.0616 e. The van der Waals surface area contributed by atoms with Crippen molar-refractivity contribution in [1.82, 2.24) is 0 Å². The van der Waals surface area contributed by atoms with Crippen molar-refractivity contribution < 1.29 is 0 Å². The molecular weight excluding hydrogens is 192 g/mol. The molecule has 0 heteroatoms. The lowest BCUT2D eigenvalue weighted by molar-refractivity contribution is 0.791. The summed E-state index contributed by atoms with van der Waals surface area (Å²) in [7, 11) is 0. The highest BCUT2D eigenvalue weighted by Crippen LogP contribution is 2.33. The Morgan fingerprint density at radius 2 is 1.81 bits per heavy atom. The Hall–Kier alpha value is -1.30. The Morgan fingerprint density at radius 3 is 2.62 bits per heavy atom. The zero-order valence-electron chi connectivity index (χ0n) is 9.52. The van der Waals surface area contributed by atoms with Gasteiger partial charge in [-0.25, -0.2) is 0 Å². The van der Waals surface area contributed by atoms with Crippen molar-refractivity contribution in [2.75, 3.05) is 0 Å². The molecule has 81 valence electrons. The number of rotatable bonds is 4. The fourth-order valence-corrected chi connectivity index (χ4v) is 2.21. The van der Waals surface area contributed by atoms with E-state index in [1.165, 1.54) is 35.6 Å². The minimum absolute atomic E-state index is 1.01. The van der Waals surface area contributed by atoms with E-state index in [1.54, 1.807) is 0 Å². The summed E-state index contributed by atoms with van der Waals surface area (Å²) in [5, 5.41) is 2.70. The van der Waals surface area contributed by atoms with Gasteiger partial charge in [0, 0.05) is 0 Å². The molecular formula is C16H17. The van der Waals surface area contributed by atoms with Crippen molar-refractivity contribution in [1.29, 1.82) is 0 Å². The van der Waals surface area contributed by atoms with E-state index in [9.17, 15) is 0 Å². The first-order valence-electron chi connectivity index (χ1n) is 6.21. The molecule has 1 saturated carbocycles. The first kappa shape index (κ1) is 9.89. The minimum atomic E-state index is 1.01. The smallest absolute Gasteiger partial charge is 0.0181 e. The third-order valence-corrected chi connectivity index (χ3v) is 3.39. The summed E-state index contributed by atoms with van der Waals surface area (Å²) < 4.78 is 0. The topological polar surface area (TPSA) is 0 Å². The predicted molar refractivity (Wildman–Crippen MR) is 69.3 cm³/mol. The van der Waals surface area contributed by atoms with Crippen LogP contribution < -0.4 is 0 Å². The van der Waals surface area contributed by atoms with Crippen LogP contribution in [0.4, 0.5) is 0 Å². The molecule has 0 heterocycles. The van der Waals surface area contributed by atoms with Gasteiger partial charge in [0.15, 0.2) is 0 Å². The SMILES string of the molecule is [CH](Cc1ccc2ccccc2c1)CC1CC1. The van der Waals surface area contributed by atoms with Gasteiger partial charge in [0.1, 0.15) is 0 Å². The molecule has 1 radical (unpaired) electrons.